The summed E-state index contributed by atoms with van der Waals surface area (Å²) in [6, 6.07) is 4.90. The Kier molecular flexibility index (Phi) is 6.45. The SMILES string of the molecule is CCC(CC)(NCC(=O)Nc1cccc(Cl)c1Cl)C(=O)O. The molecule has 0 saturated heterocycles. The van der Waals surface area contributed by atoms with Crippen molar-refractivity contribution in [3.63, 3.8) is 0 Å². The zero-order chi connectivity index (χ0) is 16.0. The number of hydrogen-bond donors (Lipinski definition) is 3. The van der Waals surface area contributed by atoms with Gasteiger partial charge in [-0.15, -0.1) is 0 Å². The van der Waals surface area contributed by atoms with Crippen molar-refractivity contribution >= 4 is 40.8 Å². The molecule has 116 valence electrons. The van der Waals surface area contributed by atoms with Gasteiger partial charge in [0, 0.05) is 0 Å². The van der Waals surface area contributed by atoms with Crippen molar-refractivity contribution in [2.45, 2.75) is 32.2 Å². The van der Waals surface area contributed by atoms with Gasteiger partial charge in [0.25, 0.3) is 0 Å². The predicted molar refractivity (Wildman–Crippen MR) is 84.0 cm³/mol. The second-order valence-electron chi connectivity index (χ2n) is 4.60. The minimum absolute atomic E-state index is 0.128. The monoisotopic (exact) mass is 332 g/mol. The number of hydrogen-bond acceptors (Lipinski definition) is 3. The molecule has 1 rings (SSSR count). The lowest BCUT2D eigenvalue weighted by Gasteiger charge is -2.27. The van der Waals surface area contributed by atoms with E-state index in [9.17, 15) is 14.7 Å². The van der Waals surface area contributed by atoms with Gasteiger partial charge in [0.05, 0.1) is 22.3 Å². The van der Waals surface area contributed by atoms with Crippen molar-refractivity contribution < 1.29 is 14.7 Å². The number of benzene rings is 1. The van der Waals surface area contributed by atoms with Crippen molar-refractivity contribution in [1.82, 2.24) is 5.32 Å². The molecule has 0 atom stereocenters. The van der Waals surface area contributed by atoms with E-state index >= 15 is 0 Å². The summed E-state index contributed by atoms with van der Waals surface area (Å²) in [5.41, 5.74) is -0.708. The van der Waals surface area contributed by atoms with Gasteiger partial charge in [0.2, 0.25) is 5.91 Å². The van der Waals surface area contributed by atoms with Crippen LogP contribution in [0, 0.1) is 0 Å². The third-order valence-electron chi connectivity index (χ3n) is 3.43. The van der Waals surface area contributed by atoms with Gasteiger partial charge in [-0.1, -0.05) is 43.1 Å². The molecule has 1 aromatic rings. The molecular formula is C14H18Cl2N2O3. The highest BCUT2D eigenvalue weighted by atomic mass is 35.5. The molecule has 21 heavy (non-hydrogen) atoms. The van der Waals surface area contributed by atoms with Crippen LogP contribution in [0.3, 0.4) is 0 Å². The number of carbonyl (C=O) groups is 2. The first-order valence-electron chi connectivity index (χ1n) is 6.58. The lowest BCUT2D eigenvalue weighted by atomic mass is 9.93. The third kappa shape index (κ3) is 4.33. The van der Waals surface area contributed by atoms with Crippen molar-refractivity contribution in [3.05, 3.63) is 28.2 Å². The van der Waals surface area contributed by atoms with Crippen molar-refractivity contribution in [3.8, 4) is 0 Å². The Morgan fingerprint density at radius 3 is 2.38 bits per heavy atom. The quantitative estimate of drug-likeness (QED) is 0.716. The average Bonchev–Trinajstić information content (AvgIpc) is 2.45. The lowest BCUT2D eigenvalue weighted by Crippen LogP contribution is -2.53. The number of rotatable bonds is 7. The number of nitrogens with one attached hydrogen (secondary N) is 2. The predicted octanol–water partition coefficient (Wildman–Crippen LogP) is 3.16. The Bertz CT molecular complexity index is 531. The van der Waals surface area contributed by atoms with E-state index in [1.807, 2.05) is 0 Å². The molecule has 1 amide bonds. The number of carbonyl (C=O) groups excluding carboxylic acids is 1. The second-order valence-corrected chi connectivity index (χ2v) is 5.38. The van der Waals surface area contributed by atoms with E-state index in [0.717, 1.165) is 0 Å². The standard InChI is InChI=1S/C14H18Cl2N2O3/c1-3-14(4-2,13(20)21)17-8-11(19)18-10-7-5-6-9(15)12(10)16/h5-7,17H,3-4,8H2,1-2H3,(H,18,19)(H,20,21). The van der Waals surface area contributed by atoms with Crippen LogP contribution in [-0.2, 0) is 9.59 Å². The Morgan fingerprint density at radius 2 is 1.86 bits per heavy atom. The van der Waals surface area contributed by atoms with Crippen LogP contribution in [0.15, 0.2) is 18.2 Å². The first-order valence-corrected chi connectivity index (χ1v) is 7.34. The molecular weight excluding hydrogens is 315 g/mol. The van der Waals surface area contributed by atoms with Crippen LogP contribution in [-0.4, -0.2) is 29.1 Å². The van der Waals surface area contributed by atoms with E-state index in [4.69, 9.17) is 23.2 Å². The Morgan fingerprint density at radius 1 is 1.24 bits per heavy atom. The molecule has 1 aromatic carbocycles. The maximum atomic E-state index is 11.9. The molecule has 5 nitrogen and oxygen atoms in total. The van der Waals surface area contributed by atoms with Crippen LogP contribution in [0.4, 0.5) is 5.69 Å². The Hall–Kier alpha value is -1.30. The first-order chi connectivity index (χ1) is 9.86. The normalized spacial score (nSPS) is 11.2. The Balaban J connectivity index is 2.70. The molecule has 0 unspecified atom stereocenters. The highest BCUT2D eigenvalue weighted by Crippen LogP contribution is 2.29. The summed E-state index contributed by atoms with van der Waals surface area (Å²) in [7, 11) is 0. The van der Waals surface area contributed by atoms with Gasteiger partial charge in [-0.05, 0) is 25.0 Å². The van der Waals surface area contributed by atoms with E-state index in [-0.39, 0.29) is 17.5 Å². The fourth-order valence-corrected chi connectivity index (χ4v) is 2.27. The highest BCUT2D eigenvalue weighted by molar-refractivity contribution is 6.44. The summed E-state index contributed by atoms with van der Waals surface area (Å²) in [5, 5.41) is 15.3. The molecule has 0 aliphatic rings. The van der Waals surface area contributed by atoms with Crippen LogP contribution in [0.1, 0.15) is 26.7 Å². The van der Waals surface area contributed by atoms with Crippen molar-refractivity contribution in [2.75, 3.05) is 11.9 Å². The number of carboxylic acid groups (broad SMARTS) is 1. The fraction of sp³-hybridized carbons (Fsp3) is 0.429. The van der Waals surface area contributed by atoms with Gasteiger partial charge in [-0.3, -0.25) is 14.9 Å². The molecule has 0 saturated carbocycles. The van der Waals surface area contributed by atoms with Crippen LogP contribution >= 0.6 is 23.2 Å². The summed E-state index contributed by atoms with van der Waals surface area (Å²) < 4.78 is 0. The Labute approximate surface area is 133 Å². The molecule has 0 aromatic heterocycles. The summed E-state index contributed by atoms with van der Waals surface area (Å²) >= 11 is 11.8. The molecule has 0 aliphatic heterocycles. The maximum Gasteiger partial charge on any atom is 0.323 e. The fourth-order valence-electron chi connectivity index (χ4n) is 1.92. The van der Waals surface area contributed by atoms with Gasteiger partial charge in [-0.2, -0.15) is 0 Å². The smallest absolute Gasteiger partial charge is 0.323 e. The minimum atomic E-state index is -1.10. The van der Waals surface area contributed by atoms with Crippen molar-refractivity contribution in [1.29, 1.82) is 0 Å². The molecule has 0 spiro atoms. The first kappa shape index (κ1) is 17.8. The van der Waals surface area contributed by atoms with Gasteiger partial charge in [0.15, 0.2) is 0 Å². The summed E-state index contributed by atoms with van der Waals surface area (Å²) in [6.45, 7) is 3.39. The second kappa shape index (κ2) is 7.64. The maximum absolute atomic E-state index is 11.9. The average molecular weight is 333 g/mol. The summed E-state index contributed by atoms with van der Waals surface area (Å²) in [6.07, 6.45) is 0.758. The minimum Gasteiger partial charge on any atom is -0.480 e. The summed E-state index contributed by atoms with van der Waals surface area (Å²) in [5.74, 6) is -1.35. The van der Waals surface area contributed by atoms with E-state index < -0.39 is 11.5 Å². The van der Waals surface area contributed by atoms with Crippen LogP contribution in [0.25, 0.3) is 0 Å². The molecule has 0 aliphatic carbocycles. The number of amides is 1. The third-order valence-corrected chi connectivity index (χ3v) is 4.25. The topological polar surface area (TPSA) is 78.4 Å². The number of carboxylic acids is 1. The van der Waals surface area contributed by atoms with E-state index in [0.29, 0.717) is 23.6 Å². The van der Waals surface area contributed by atoms with Gasteiger partial charge >= 0.3 is 5.97 Å². The van der Waals surface area contributed by atoms with E-state index in [2.05, 4.69) is 10.6 Å². The molecule has 7 heteroatoms. The van der Waals surface area contributed by atoms with Gasteiger partial charge in [0.1, 0.15) is 5.54 Å². The van der Waals surface area contributed by atoms with Crippen LogP contribution < -0.4 is 10.6 Å². The molecule has 0 bridgehead atoms. The van der Waals surface area contributed by atoms with Crippen molar-refractivity contribution in [2.24, 2.45) is 0 Å². The zero-order valence-corrected chi connectivity index (χ0v) is 13.4. The van der Waals surface area contributed by atoms with Gasteiger partial charge < -0.3 is 10.4 Å². The number of aliphatic carboxylic acids is 1. The summed E-state index contributed by atoms with van der Waals surface area (Å²) in [4.78, 5) is 23.2. The molecule has 0 fully saturated rings. The molecule has 3 N–H and O–H groups in total. The van der Waals surface area contributed by atoms with E-state index in [1.54, 1.807) is 32.0 Å². The number of halogens is 2. The highest BCUT2D eigenvalue weighted by Gasteiger charge is 2.34. The van der Waals surface area contributed by atoms with E-state index in [1.165, 1.54) is 0 Å². The zero-order valence-electron chi connectivity index (χ0n) is 11.9. The molecule has 0 radical (unpaired) electrons. The molecule has 0 heterocycles. The van der Waals surface area contributed by atoms with Crippen LogP contribution in [0.5, 0.6) is 0 Å². The number of anilines is 1. The largest absolute Gasteiger partial charge is 0.480 e. The van der Waals surface area contributed by atoms with Gasteiger partial charge in [-0.25, -0.2) is 0 Å². The lowest BCUT2D eigenvalue weighted by molar-refractivity contribution is -0.145. The van der Waals surface area contributed by atoms with Crippen LogP contribution in [0.2, 0.25) is 10.0 Å².